The summed E-state index contributed by atoms with van der Waals surface area (Å²) in [6.07, 6.45) is 1.94. The molecule has 0 aliphatic heterocycles. The topological polar surface area (TPSA) is 26.3 Å². The number of carbonyl (C=O) groups is 1. The number of rotatable bonds is 2. The molecule has 1 aromatic rings. The molecule has 0 saturated carbocycles. The van der Waals surface area contributed by atoms with Crippen LogP contribution in [0, 0.1) is 5.92 Å². The number of hydrogen-bond donors (Lipinski definition) is 0. The van der Waals surface area contributed by atoms with Crippen LogP contribution in [0.25, 0.3) is 5.76 Å². The van der Waals surface area contributed by atoms with Gasteiger partial charge in [0, 0.05) is 17.0 Å². The van der Waals surface area contributed by atoms with E-state index >= 15 is 0 Å². The molecule has 2 rings (SSSR count). The lowest BCUT2D eigenvalue weighted by Gasteiger charge is -2.20. The molecule has 16 heavy (non-hydrogen) atoms. The van der Waals surface area contributed by atoms with E-state index in [0.29, 0.717) is 5.76 Å². The van der Waals surface area contributed by atoms with E-state index < -0.39 is 0 Å². The summed E-state index contributed by atoms with van der Waals surface area (Å²) in [5, 5.41) is 0. The average molecular weight is 216 g/mol. The highest BCUT2D eigenvalue weighted by Crippen LogP contribution is 2.27. The highest BCUT2D eigenvalue weighted by atomic mass is 16.5. The number of carbonyl (C=O) groups excluding carboxylic acids is 1. The molecule has 2 heteroatoms. The number of ether oxygens (including phenoxy) is 1. The summed E-state index contributed by atoms with van der Waals surface area (Å²) >= 11 is 0. The van der Waals surface area contributed by atoms with Crippen LogP contribution in [0.1, 0.15) is 34.8 Å². The normalized spacial score (nSPS) is 19.1. The van der Waals surface area contributed by atoms with Crippen molar-refractivity contribution in [1.29, 1.82) is 0 Å². The van der Waals surface area contributed by atoms with E-state index in [1.54, 1.807) is 7.11 Å². The molecular weight excluding hydrogens is 200 g/mol. The molecule has 1 aliphatic rings. The zero-order valence-corrected chi connectivity index (χ0v) is 9.75. The number of aryl methyl sites for hydroxylation is 1. The second-order valence-electron chi connectivity index (χ2n) is 4.30. The van der Waals surface area contributed by atoms with E-state index in [1.807, 2.05) is 25.1 Å². The van der Waals surface area contributed by atoms with E-state index in [0.717, 1.165) is 29.5 Å². The number of fused-ring (bicyclic) bond motifs is 1. The van der Waals surface area contributed by atoms with Crippen LogP contribution in [0.3, 0.4) is 0 Å². The third kappa shape index (κ3) is 1.75. The Morgan fingerprint density at radius 3 is 2.94 bits per heavy atom. The van der Waals surface area contributed by atoms with Crippen LogP contribution in [0.4, 0.5) is 0 Å². The maximum Gasteiger partial charge on any atom is 0.165 e. The van der Waals surface area contributed by atoms with Crippen molar-refractivity contribution in [2.75, 3.05) is 7.11 Å². The first-order valence-corrected chi connectivity index (χ1v) is 5.54. The van der Waals surface area contributed by atoms with Gasteiger partial charge in [-0.25, -0.2) is 0 Å². The van der Waals surface area contributed by atoms with Gasteiger partial charge in [0.25, 0.3) is 0 Å². The first-order chi connectivity index (χ1) is 7.63. The first kappa shape index (κ1) is 10.9. The predicted octanol–water partition coefficient (Wildman–Crippen LogP) is 3.07. The van der Waals surface area contributed by atoms with E-state index in [4.69, 9.17) is 4.74 Å². The van der Waals surface area contributed by atoms with Crippen LogP contribution < -0.4 is 0 Å². The molecule has 2 nitrogen and oxygen atoms in total. The van der Waals surface area contributed by atoms with Crippen LogP contribution in [0.5, 0.6) is 0 Å². The van der Waals surface area contributed by atoms with Crippen LogP contribution in [-0.4, -0.2) is 12.9 Å². The maximum atomic E-state index is 12.0. The van der Waals surface area contributed by atoms with Gasteiger partial charge in [0.1, 0.15) is 5.76 Å². The maximum absolute atomic E-state index is 12.0. The zero-order chi connectivity index (χ0) is 11.7. The summed E-state index contributed by atoms with van der Waals surface area (Å²) in [5.41, 5.74) is 2.88. The van der Waals surface area contributed by atoms with Crippen molar-refractivity contribution >= 4 is 11.5 Å². The third-order valence-corrected chi connectivity index (χ3v) is 3.24. The lowest BCUT2D eigenvalue weighted by atomic mass is 9.83. The molecule has 1 unspecified atom stereocenters. The van der Waals surface area contributed by atoms with Gasteiger partial charge >= 0.3 is 0 Å². The van der Waals surface area contributed by atoms with Crippen molar-refractivity contribution in [3.05, 3.63) is 41.5 Å². The Balaban J connectivity index is 2.44. The quantitative estimate of drug-likeness (QED) is 0.710. The Morgan fingerprint density at radius 1 is 1.50 bits per heavy atom. The van der Waals surface area contributed by atoms with Crippen molar-refractivity contribution in [2.24, 2.45) is 5.92 Å². The molecule has 1 aromatic carbocycles. The van der Waals surface area contributed by atoms with Gasteiger partial charge in [0.15, 0.2) is 5.78 Å². The van der Waals surface area contributed by atoms with E-state index in [-0.39, 0.29) is 11.7 Å². The predicted molar refractivity (Wildman–Crippen MR) is 64.3 cm³/mol. The lowest BCUT2D eigenvalue weighted by molar-refractivity contribution is 0.0913. The number of ketones is 1. The van der Waals surface area contributed by atoms with E-state index in [1.165, 1.54) is 0 Å². The molecule has 0 fully saturated rings. The fraction of sp³-hybridized carbons (Fsp3) is 0.357. The minimum absolute atomic E-state index is 0.138. The van der Waals surface area contributed by atoms with Crippen molar-refractivity contribution < 1.29 is 9.53 Å². The van der Waals surface area contributed by atoms with Gasteiger partial charge in [-0.05, 0) is 24.5 Å². The van der Waals surface area contributed by atoms with Crippen molar-refractivity contribution in [1.82, 2.24) is 0 Å². The number of methoxy groups -OCH3 is 1. The van der Waals surface area contributed by atoms with Gasteiger partial charge in [0.05, 0.1) is 7.11 Å². The van der Waals surface area contributed by atoms with Crippen molar-refractivity contribution in [3.63, 3.8) is 0 Å². The van der Waals surface area contributed by atoms with Crippen LogP contribution >= 0.6 is 0 Å². The standard InChI is InChI=1S/C14H16O2/c1-9-4-5-11-6-7-12(10(2)16-3)8-13(11)14(9)15/h6-9H,2,4-5H2,1,3H3. The molecular formula is C14H16O2. The van der Waals surface area contributed by atoms with Gasteiger partial charge in [-0.1, -0.05) is 25.6 Å². The fourth-order valence-electron chi connectivity index (χ4n) is 2.08. The van der Waals surface area contributed by atoms with Crippen LogP contribution in [-0.2, 0) is 11.2 Å². The van der Waals surface area contributed by atoms with E-state index in [9.17, 15) is 4.79 Å². The second-order valence-corrected chi connectivity index (χ2v) is 4.30. The summed E-state index contributed by atoms with van der Waals surface area (Å²) in [6.45, 7) is 5.79. The summed E-state index contributed by atoms with van der Waals surface area (Å²) in [7, 11) is 1.59. The Morgan fingerprint density at radius 2 is 2.25 bits per heavy atom. The highest BCUT2D eigenvalue weighted by molar-refractivity contribution is 6.00. The molecule has 0 radical (unpaired) electrons. The minimum Gasteiger partial charge on any atom is -0.497 e. The lowest BCUT2D eigenvalue weighted by Crippen LogP contribution is -2.20. The first-order valence-electron chi connectivity index (χ1n) is 5.54. The van der Waals surface area contributed by atoms with Crippen molar-refractivity contribution in [2.45, 2.75) is 19.8 Å². The largest absolute Gasteiger partial charge is 0.497 e. The van der Waals surface area contributed by atoms with Crippen molar-refractivity contribution in [3.8, 4) is 0 Å². The van der Waals surface area contributed by atoms with E-state index in [2.05, 4.69) is 6.58 Å². The molecule has 0 amide bonds. The molecule has 1 aliphatic carbocycles. The summed E-state index contributed by atoms with van der Waals surface area (Å²) < 4.78 is 5.08. The Kier molecular flexibility index (Phi) is 2.82. The minimum atomic E-state index is 0.138. The Bertz CT molecular complexity index is 446. The van der Waals surface area contributed by atoms with Crippen LogP contribution in [0.2, 0.25) is 0 Å². The van der Waals surface area contributed by atoms with Crippen LogP contribution in [0.15, 0.2) is 24.8 Å². The molecule has 84 valence electrons. The average Bonchev–Trinajstić information content (AvgIpc) is 2.32. The molecule has 1 atom stereocenters. The zero-order valence-electron chi connectivity index (χ0n) is 9.75. The van der Waals surface area contributed by atoms with Gasteiger partial charge in [0.2, 0.25) is 0 Å². The van der Waals surface area contributed by atoms with Gasteiger partial charge in [-0.3, -0.25) is 4.79 Å². The highest BCUT2D eigenvalue weighted by Gasteiger charge is 2.24. The molecule has 0 bridgehead atoms. The molecule has 0 N–H and O–H groups in total. The molecule has 0 aromatic heterocycles. The monoisotopic (exact) mass is 216 g/mol. The van der Waals surface area contributed by atoms with Gasteiger partial charge in [-0.2, -0.15) is 0 Å². The molecule has 0 spiro atoms. The molecule has 0 saturated heterocycles. The SMILES string of the molecule is C=C(OC)c1ccc2c(c1)C(=O)C(C)CC2. The summed E-state index contributed by atoms with van der Waals surface area (Å²) in [4.78, 5) is 12.0. The summed E-state index contributed by atoms with van der Waals surface area (Å²) in [5.74, 6) is 0.986. The third-order valence-electron chi connectivity index (χ3n) is 3.24. The van der Waals surface area contributed by atoms with Gasteiger partial charge < -0.3 is 4.74 Å². The van der Waals surface area contributed by atoms with Gasteiger partial charge in [-0.15, -0.1) is 0 Å². The number of benzene rings is 1. The second kappa shape index (κ2) is 4.12. The summed E-state index contributed by atoms with van der Waals surface area (Å²) in [6, 6.07) is 5.88. The Hall–Kier alpha value is -1.57. The fourth-order valence-corrected chi connectivity index (χ4v) is 2.08. The number of Topliss-reactive ketones (excluding diaryl/α,β-unsaturated/α-hetero) is 1. The number of hydrogen-bond acceptors (Lipinski definition) is 2. The smallest absolute Gasteiger partial charge is 0.165 e. The Labute approximate surface area is 95.9 Å². The molecule has 0 heterocycles.